The van der Waals surface area contributed by atoms with Crippen LogP contribution in [0.1, 0.15) is 13.3 Å². The van der Waals surface area contributed by atoms with Gasteiger partial charge in [-0.1, -0.05) is 19.1 Å². The van der Waals surface area contributed by atoms with Crippen molar-refractivity contribution in [3.8, 4) is 11.5 Å². The van der Waals surface area contributed by atoms with Gasteiger partial charge in [0.2, 0.25) is 0 Å². The summed E-state index contributed by atoms with van der Waals surface area (Å²) in [6.07, 6.45) is 0.186. The minimum atomic E-state index is -0.465. The first-order chi connectivity index (χ1) is 9.70. The predicted molar refractivity (Wildman–Crippen MR) is 73.7 cm³/mol. The van der Waals surface area contributed by atoms with Gasteiger partial charge in [-0.15, -0.1) is 0 Å². The summed E-state index contributed by atoms with van der Waals surface area (Å²) in [5.41, 5.74) is 7.86. The van der Waals surface area contributed by atoms with Crippen LogP contribution in [0.15, 0.2) is 28.9 Å². The Hall–Kier alpha value is -2.41. The van der Waals surface area contributed by atoms with Crippen LogP contribution < -0.4 is 5.73 Å². The van der Waals surface area contributed by atoms with Gasteiger partial charge in [0.1, 0.15) is 0 Å². The SMILES string of the molecule is CCC(O)Cn1c(-c2nonc2N)nc2ccccc21. The van der Waals surface area contributed by atoms with E-state index in [-0.39, 0.29) is 5.82 Å². The van der Waals surface area contributed by atoms with Crippen LogP contribution in [0.5, 0.6) is 0 Å². The molecule has 0 saturated carbocycles. The molecule has 0 saturated heterocycles. The van der Waals surface area contributed by atoms with Gasteiger partial charge in [-0.25, -0.2) is 9.61 Å². The molecule has 3 N–H and O–H groups in total. The van der Waals surface area contributed by atoms with Crippen molar-refractivity contribution in [2.24, 2.45) is 0 Å². The highest BCUT2D eigenvalue weighted by molar-refractivity contribution is 5.81. The van der Waals surface area contributed by atoms with Crippen LogP contribution in [-0.2, 0) is 6.54 Å². The van der Waals surface area contributed by atoms with Gasteiger partial charge in [0, 0.05) is 0 Å². The van der Waals surface area contributed by atoms with Gasteiger partial charge in [-0.2, -0.15) is 0 Å². The lowest BCUT2D eigenvalue weighted by Gasteiger charge is -2.12. The van der Waals surface area contributed by atoms with E-state index in [1.165, 1.54) is 0 Å². The number of nitrogen functional groups attached to an aromatic ring is 1. The summed E-state index contributed by atoms with van der Waals surface area (Å²) in [4.78, 5) is 4.51. The summed E-state index contributed by atoms with van der Waals surface area (Å²) in [7, 11) is 0. The van der Waals surface area contributed by atoms with Gasteiger partial charge in [0.05, 0.1) is 23.7 Å². The van der Waals surface area contributed by atoms with Gasteiger partial charge in [-0.3, -0.25) is 0 Å². The number of nitrogens with zero attached hydrogens (tertiary/aromatic N) is 4. The number of nitrogens with two attached hydrogens (primary N) is 1. The van der Waals surface area contributed by atoms with Crippen molar-refractivity contribution in [3.63, 3.8) is 0 Å². The number of anilines is 1. The highest BCUT2D eigenvalue weighted by Gasteiger charge is 2.20. The van der Waals surface area contributed by atoms with Crippen LogP contribution in [0.25, 0.3) is 22.6 Å². The third-order valence-electron chi connectivity index (χ3n) is 3.24. The van der Waals surface area contributed by atoms with E-state index >= 15 is 0 Å². The number of rotatable bonds is 4. The Labute approximate surface area is 115 Å². The molecule has 1 atom stereocenters. The maximum absolute atomic E-state index is 9.94. The highest BCUT2D eigenvalue weighted by Crippen LogP contribution is 2.26. The first-order valence-corrected chi connectivity index (χ1v) is 6.42. The Morgan fingerprint density at radius 1 is 1.35 bits per heavy atom. The van der Waals surface area contributed by atoms with E-state index in [2.05, 4.69) is 19.9 Å². The topological polar surface area (TPSA) is 103 Å². The maximum atomic E-state index is 9.94. The minimum Gasteiger partial charge on any atom is -0.391 e. The molecule has 1 aromatic carbocycles. The van der Waals surface area contributed by atoms with E-state index < -0.39 is 6.10 Å². The molecule has 0 aliphatic rings. The predicted octanol–water partition coefficient (Wildman–Crippen LogP) is 1.44. The van der Waals surface area contributed by atoms with Gasteiger partial charge in [0.15, 0.2) is 17.3 Å². The monoisotopic (exact) mass is 273 g/mol. The molecule has 2 aromatic heterocycles. The standard InChI is InChI=1S/C13H15N5O2/c1-2-8(19)7-18-10-6-4-3-5-9(10)15-13(18)11-12(14)17-20-16-11/h3-6,8,19H,2,7H2,1H3,(H2,14,17). The molecule has 0 aliphatic heterocycles. The average molecular weight is 273 g/mol. The first-order valence-electron chi connectivity index (χ1n) is 6.42. The lowest BCUT2D eigenvalue weighted by molar-refractivity contribution is 0.151. The fourth-order valence-corrected chi connectivity index (χ4v) is 2.13. The summed E-state index contributed by atoms with van der Waals surface area (Å²) in [6, 6.07) is 7.67. The molecule has 0 aliphatic carbocycles. The van der Waals surface area contributed by atoms with E-state index in [0.29, 0.717) is 24.5 Å². The van der Waals surface area contributed by atoms with E-state index in [1.807, 2.05) is 35.8 Å². The molecule has 0 radical (unpaired) electrons. The minimum absolute atomic E-state index is 0.188. The van der Waals surface area contributed by atoms with Crippen LogP contribution in [0.3, 0.4) is 0 Å². The third kappa shape index (κ3) is 2.01. The summed E-state index contributed by atoms with van der Waals surface area (Å²) < 4.78 is 6.53. The van der Waals surface area contributed by atoms with Gasteiger partial charge in [-0.05, 0) is 28.9 Å². The number of hydrogen-bond acceptors (Lipinski definition) is 6. The van der Waals surface area contributed by atoms with E-state index in [9.17, 15) is 5.11 Å². The fourth-order valence-electron chi connectivity index (χ4n) is 2.13. The molecule has 3 rings (SSSR count). The van der Waals surface area contributed by atoms with Gasteiger partial charge < -0.3 is 15.4 Å². The number of fused-ring (bicyclic) bond motifs is 1. The number of para-hydroxylation sites is 2. The Morgan fingerprint density at radius 2 is 2.15 bits per heavy atom. The Morgan fingerprint density at radius 3 is 2.85 bits per heavy atom. The highest BCUT2D eigenvalue weighted by atomic mass is 16.6. The summed E-state index contributed by atoms with van der Waals surface area (Å²) in [5, 5.41) is 17.3. The Balaban J connectivity index is 2.20. The maximum Gasteiger partial charge on any atom is 0.199 e. The molecule has 1 unspecified atom stereocenters. The molecule has 7 heteroatoms. The Kier molecular flexibility index (Phi) is 3.11. The normalized spacial score (nSPS) is 12.9. The summed E-state index contributed by atoms with van der Waals surface area (Å²) in [6.45, 7) is 2.34. The molecule has 7 nitrogen and oxygen atoms in total. The number of benzene rings is 1. The zero-order chi connectivity index (χ0) is 14.1. The smallest absolute Gasteiger partial charge is 0.199 e. The van der Waals surface area contributed by atoms with E-state index in [4.69, 9.17) is 5.73 Å². The molecule has 0 fully saturated rings. The zero-order valence-corrected chi connectivity index (χ0v) is 11.0. The van der Waals surface area contributed by atoms with Crippen LogP contribution in [0.4, 0.5) is 5.82 Å². The molecule has 0 amide bonds. The quantitative estimate of drug-likeness (QED) is 0.745. The van der Waals surface area contributed by atoms with Crippen LogP contribution >= 0.6 is 0 Å². The zero-order valence-electron chi connectivity index (χ0n) is 11.0. The molecule has 20 heavy (non-hydrogen) atoms. The van der Waals surface area contributed by atoms with Crippen molar-refractivity contribution in [3.05, 3.63) is 24.3 Å². The second kappa shape index (κ2) is 4.93. The third-order valence-corrected chi connectivity index (χ3v) is 3.24. The number of aliphatic hydroxyl groups excluding tert-OH is 1. The molecule has 0 spiro atoms. The molecule has 3 aromatic rings. The van der Waals surface area contributed by atoms with Gasteiger partial charge in [0.25, 0.3) is 0 Å². The van der Waals surface area contributed by atoms with E-state index in [0.717, 1.165) is 11.0 Å². The van der Waals surface area contributed by atoms with Crippen molar-refractivity contribution in [1.82, 2.24) is 19.9 Å². The molecular formula is C13H15N5O2. The molecular weight excluding hydrogens is 258 g/mol. The fraction of sp³-hybridized carbons (Fsp3) is 0.308. The lowest BCUT2D eigenvalue weighted by atomic mass is 10.2. The van der Waals surface area contributed by atoms with Crippen molar-refractivity contribution in [2.75, 3.05) is 5.73 Å². The number of aliphatic hydroxyl groups is 1. The van der Waals surface area contributed by atoms with Crippen molar-refractivity contribution in [2.45, 2.75) is 26.0 Å². The molecule has 0 bridgehead atoms. The molecule has 104 valence electrons. The number of hydrogen-bond donors (Lipinski definition) is 2. The molecule has 2 heterocycles. The lowest BCUT2D eigenvalue weighted by Crippen LogP contribution is -2.15. The number of imidazole rings is 1. The van der Waals surface area contributed by atoms with Crippen molar-refractivity contribution < 1.29 is 9.74 Å². The number of aromatic nitrogens is 4. The van der Waals surface area contributed by atoms with Crippen molar-refractivity contribution in [1.29, 1.82) is 0 Å². The first kappa shape index (κ1) is 12.6. The van der Waals surface area contributed by atoms with Crippen LogP contribution in [0, 0.1) is 0 Å². The van der Waals surface area contributed by atoms with Crippen LogP contribution in [-0.4, -0.2) is 31.1 Å². The second-order valence-corrected chi connectivity index (χ2v) is 4.59. The Bertz CT molecular complexity index is 733. The van der Waals surface area contributed by atoms with Crippen molar-refractivity contribution >= 4 is 16.9 Å². The summed E-state index contributed by atoms with van der Waals surface area (Å²) >= 11 is 0. The van der Waals surface area contributed by atoms with Crippen LogP contribution in [0.2, 0.25) is 0 Å². The largest absolute Gasteiger partial charge is 0.391 e. The summed E-state index contributed by atoms with van der Waals surface area (Å²) in [5.74, 6) is 0.741. The van der Waals surface area contributed by atoms with Gasteiger partial charge >= 0.3 is 0 Å². The second-order valence-electron chi connectivity index (χ2n) is 4.59. The average Bonchev–Trinajstić information content (AvgIpc) is 3.03. The van der Waals surface area contributed by atoms with E-state index in [1.54, 1.807) is 0 Å².